The van der Waals surface area contributed by atoms with Crippen LogP contribution in [0.15, 0.2) is 54.9 Å². The fraction of sp³-hybridized carbons (Fsp3) is 0.143. The van der Waals surface area contributed by atoms with Crippen LogP contribution in [0.4, 0.5) is 0 Å². The number of imidazole rings is 1. The topological polar surface area (TPSA) is 99.1 Å². The summed E-state index contributed by atoms with van der Waals surface area (Å²) in [7, 11) is -4.07. The lowest BCUT2D eigenvalue weighted by Gasteiger charge is -2.07. The van der Waals surface area contributed by atoms with Crippen LogP contribution in [0, 0.1) is 6.92 Å². The molecule has 3 N–H and O–H groups in total. The van der Waals surface area contributed by atoms with Crippen molar-refractivity contribution in [2.24, 2.45) is 0 Å². The summed E-state index contributed by atoms with van der Waals surface area (Å²) in [5.74, 6) is 0.527. The van der Waals surface area contributed by atoms with E-state index in [1.807, 2.05) is 49.6 Å². The molecule has 2 heterocycles. The van der Waals surface area contributed by atoms with E-state index in [1.54, 1.807) is 6.07 Å². The maximum absolute atomic E-state index is 11.1. The van der Waals surface area contributed by atoms with Crippen LogP contribution in [0.3, 0.4) is 0 Å². The third-order valence-corrected chi connectivity index (χ3v) is 5.78. The summed E-state index contributed by atoms with van der Waals surface area (Å²) < 4.78 is 11.1. The van der Waals surface area contributed by atoms with E-state index >= 15 is 0 Å². The van der Waals surface area contributed by atoms with Crippen molar-refractivity contribution in [1.82, 2.24) is 15.0 Å². The van der Waals surface area contributed by atoms with Gasteiger partial charge in [-0.1, -0.05) is 35.9 Å². The quantitative estimate of drug-likeness (QED) is 0.390. The molecule has 2 aromatic heterocycles. The Labute approximate surface area is 172 Å². The van der Waals surface area contributed by atoms with E-state index in [4.69, 9.17) is 21.4 Å². The minimum Gasteiger partial charge on any atom is -0.342 e. The van der Waals surface area contributed by atoms with Crippen molar-refractivity contribution in [1.29, 1.82) is 0 Å². The van der Waals surface area contributed by atoms with Crippen molar-refractivity contribution in [3.63, 3.8) is 0 Å². The number of H-pyrrole nitrogens is 1. The highest BCUT2D eigenvalue weighted by Crippen LogP contribution is 2.36. The molecule has 148 valence electrons. The Morgan fingerprint density at radius 3 is 2.45 bits per heavy atom. The van der Waals surface area contributed by atoms with Gasteiger partial charge in [-0.3, -0.25) is 9.55 Å². The van der Waals surface area contributed by atoms with E-state index in [-0.39, 0.29) is 12.6 Å². The second-order valence-electron chi connectivity index (χ2n) is 7.00. The second kappa shape index (κ2) is 7.73. The highest BCUT2D eigenvalue weighted by molar-refractivity contribution is 7.51. The van der Waals surface area contributed by atoms with Crippen LogP contribution in [0.5, 0.6) is 0 Å². The van der Waals surface area contributed by atoms with E-state index in [0.29, 0.717) is 16.4 Å². The van der Waals surface area contributed by atoms with Crippen LogP contribution in [-0.2, 0) is 11.0 Å². The number of pyridine rings is 1. The molecule has 0 fully saturated rings. The van der Waals surface area contributed by atoms with Crippen molar-refractivity contribution >= 4 is 30.2 Å². The Morgan fingerprint density at radius 2 is 1.76 bits per heavy atom. The fourth-order valence-corrected chi connectivity index (χ4v) is 4.01. The smallest absolute Gasteiger partial charge is 0.326 e. The number of aromatic amines is 1. The van der Waals surface area contributed by atoms with Gasteiger partial charge in [-0.25, -0.2) is 4.98 Å². The van der Waals surface area contributed by atoms with Gasteiger partial charge in [0.05, 0.1) is 22.2 Å². The van der Waals surface area contributed by atoms with Crippen LogP contribution in [0.1, 0.15) is 11.4 Å². The molecule has 0 aliphatic rings. The molecular weight excluding hydrogens is 409 g/mol. The van der Waals surface area contributed by atoms with Crippen molar-refractivity contribution in [2.45, 2.75) is 13.3 Å². The monoisotopic (exact) mass is 427 g/mol. The first-order chi connectivity index (χ1) is 13.8. The largest absolute Gasteiger partial charge is 0.342 e. The Hall–Kier alpha value is -2.50. The zero-order valence-electron chi connectivity index (χ0n) is 15.6. The SMILES string of the molecule is Cc1cncc(-c2ccc(-c3cc4nc(CCP(=O)(O)O)[nH]c4cc3Cl)cc2)c1. The van der Waals surface area contributed by atoms with Crippen molar-refractivity contribution in [3.05, 3.63) is 71.3 Å². The number of halogens is 1. The summed E-state index contributed by atoms with van der Waals surface area (Å²) in [5.41, 5.74) is 6.48. The maximum atomic E-state index is 11.1. The Kier molecular flexibility index (Phi) is 5.28. The van der Waals surface area contributed by atoms with Gasteiger partial charge in [0.1, 0.15) is 5.82 Å². The van der Waals surface area contributed by atoms with Gasteiger partial charge in [-0.05, 0) is 41.8 Å². The number of hydrogen-bond acceptors (Lipinski definition) is 3. The third-order valence-electron chi connectivity index (χ3n) is 4.66. The molecule has 6 nitrogen and oxygen atoms in total. The number of benzene rings is 2. The molecule has 0 unspecified atom stereocenters. The van der Waals surface area contributed by atoms with E-state index in [1.165, 1.54) is 0 Å². The third kappa shape index (κ3) is 4.57. The number of nitrogens with zero attached hydrogens (tertiary/aromatic N) is 2. The molecule has 0 radical (unpaired) electrons. The van der Waals surface area contributed by atoms with Gasteiger partial charge < -0.3 is 14.8 Å². The average molecular weight is 428 g/mol. The maximum Gasteiger partial charge on any atom is 0.326 e. The number of rotatable bonds is 5. The van der Waals surface area contributed by atoms with Crippen LogP contribution < -0.4 is 0 Å². The summed E-state index contributed by atoms with van der Waals surface area (Å²) >= 11 is 6.49. The molecule has 8 heteroatoms. The number of aromatic nitrogens is 3. The first kappa shape index (κ1) is 19.8. The highest BCUT2D eigenvalue weighted by atomic mass is 35.5. The van der Waals surface area contributed by atoms with E-state index in [9.17, 15) is 4.57 Å². The van der Waals surface area contributed by atoms with E-state index in [2.05, 4.69) is 21.0 Å². The minimum atomic E-state index is -4.07. The normalized spacial score (nSPS) is 11.9. The van der Waals surface area contributed by atoms with E-state index in [0.717, 1.165) is 33.3 Å². The Balaban J connectivity index is 1.64. The van der Waals surface area contributed by atoms with Gasteiger partial charge in [-0.15, -0.1) is 0 Å². The summed E-state index contributed by atoms with van der Waals surface area (Å²) in [6, 6.07) is 13.8. The molecule has 4 rings (SSSR count). The molecule has 0 amide bonds. The van der Waals surface area contributed by atoms with Gasteiger partial charge in [-0.2, -0.15) is 0 Å². The number of hydrogen-bond donors (Lipinski definition) is 3. The van der Waals surface area contributed by atoms with Gasteiger partial charge in [0.2, 0.25) is 0 Å². The van der Waals surface area contributed by atoms with Crippen molar-refractivity contribution in [3.8, 4) is 22.3 Å². The van der Waals surface area contributed by atoms with Crippen LogP contribution in [0.25, 0.3) is 33.3 Å². The number of fused-ring (bicyclic) bond motifs is 1. The molecule has 2 aromatic carbocycles. The fourth-order valence-electron chi connectivity index (χ4n) is 3.23. The predicted octanol–water partition coefficient (Wildman–Crippen LogP) is 4.97. The zero-order chi connectivity index (χ0) is 20.6. The molecule has 0 aliphatic heterocycles. The summed E-state index contributed by atoms with van der Waals surface area (Å²) in [6.07, 6.45) is 3.59. The molecular formula is C21H19ClN3O3P. The lowest BCUT2D eigenvalue weighted by atomic mass is 10.0. The van der Waals surface area contributed by atoms with Gasteiger partial charge in [0.15, 0.2) is 0 Å². The van der Waals surface area contributed by atoms with E-state index < -0.39 is 7.60 Å². The summed E-state index contributed by atoms with van der Waals surface area (Å²) in [5, 5.41) is 0.577. The van der Waals surface area contributed by atoms with Gasteiger partial charge >= 0.3 is 7.60 Å². The Bertz CT molecular complexity index is 1230. The number of aryl methyl sites for hydroxylation is 2. The standard InChI is InChI=1S/C21H19ClN3O3P/c1-13-8-16(12-23-11-13)14-2-4-15(5-3-14)17-9-19-20(10-18(17)22)25-21(24-19)6-7-29(26,27)28/h2-5,8-12H,6-7H2,1H3,(H,24,25)(H2,26,27,28). The summed E-state index contributed by atoms with van der Waals surface area (Å²) in [6.45, 7) is 2.01. The molecule has 0 bridgehead atoms. The average Bonchev–Trinajstić information content (AvgIpc) is 3.07. The molecule has 0 saturated carbocycles. The zero-order valence-corrected chi connectivity index (χ0v) is 17.3. The van der Waals surface area contributed by atoms with Gasteiger partial charge in [0.25, 0.3) is 0 Å². The lowest BCUT2D eigenvalue weighted by Crippen LogP contribution is -1.95. The highest BCUT2D eigenvalue weighted by Gasteiger charge is 2.15. The van der Waals surface area contributed by atoms with Crippen LogP contribution >= 0.6 is 19.2 Å². The molecule has 4 aromatic rings. The Morgan fingerprint density at radius 1 is 1.03 bits per heavy atom. The second-order valence-corrected chi connectivity index (χ2v) is 9.18. The number of nitrogens with one attached hydrogen (secondary N) is 1. The minimum absolute atomic E-state index is 0.172. The molecule has 0 saturated heterocycles. The molecule has 0 spiro atoms. The molecule has 0 aliphatic carbocycles. The molecule has 0 atom stereocenters. The predicted molar refractivity (Wildman–Crippen MR) is 115 cm³/mol. The molecule has 29 heavy (non-hydrogen) atoms. The van der Waals surface area contributed by atoms with Crippen LogP contribution in [0.2, 0.25) is 5.02 Å². The van der Waals surface area contributed by atoms with Crippen LogP contribution in [-0.4, -0.2) is 30.9 Å². The summed E-state index contributed by atoms with van der Waals surface area (Å²) in [4.78, 5) is 29.9. The first-order valence-corrected chi connectivity index (χ1v) is 11.2. The lowest BCUT2D eigenvalue weighted by molar-refractivity contribution is 0.372. The van der Waals surface area contributed by atoms with Crippen molar-refractivity contribution in [2.75, 3.05) is 6.16 Å². The first-order valence-electron chi connectivity index (χ1n) is 9.04. The van der Waals surface area contributed by atoms with Crippen molar-refractivity contribution < 1.29 is 14.4 Å². The van der Waals surface area contributed by atoms with Gasteiger partial charge in [0, 0.05) is 29.9 Å².